The molecule has 1 saturated heterocycles. The van der Waals surface area contributed by atoms with E-state index in [0.717, 1.165) is 55.3 Å². The molecule has 0 aliphatic carbocycles. The summed E-state index contributed by atoms with van der Waals surface area (Å²) in [4.78, 5) is 18.0. The van der Waals surface area contributed by atoms with Gasteiger partial charge >= 0.3 is 0 Å². The second-order valence-electron chi connectivity index (χ2n) is 6.44. The monoisotopic (exact) mass is 331 g/mol. The van der Waals surface area contributed by atoms with Gasteiger partial charge in [-0.3, -0.25) is 9.69 Å². The average Bonchev–Trinajstić information content (AvgIpc) is 2.90. The van der Waals surface area contributed by atoms with Crippen LogP contribution in [0.4, 0.5) is 0 Å². The highest BCUT2D eigenvalue weighted by molar-refractivity contribution is 5.72. The largest absolute Gasteiger partial charge is 0.375 e. The number of hydrogen-bond donors (Lipinski definition) is 1. The van der Waals surface area contributed by atoms with Crippen LogP contribution in [0.5, 0.6) is 0 Å². The number of ether oxygens (including phenoxy) is 1. The van der Waals surface area contributed by atoms with Gasteiger partial charge in [-0.2, -0.15) is 5.10 Å². The molecule has 0 spiro atoms. The van der Waals surface area contributed by atoms with E-state index in [4.69, 9.17) is 4.74 Å². The van der Waals surface area contributed by atoms with Crippen LogP contribution in [0.2, 0.25) is 0 Å². The number of aryl methyl sites for hydroxylation is 2. The van der Waals surface area contributed by atoms with Crippen molar-refractivity contribution in [2.24, 2.45) is 0 Å². The van der Waals surface area contributed by atoms with Crippen molar-refractivity contribution < 1.29 is 9.53 Å². The lowest BCUT2D eigenvalue weighted by molar-refractivity contribution is -0.119. The first-order valence-corrected chi connectivity index (χ1v) is 8.42. The van der Waals surface area contributed by atoms with E-state index in [1.807, 2.05) is 30.6 Å². The van der Waals surface area contributed by atoms with Crippen molar-refractivity contribution in [3.63, 3.8) is 0 Å². The molecule has 7 nitrogen and oxygen atoms in total. The molecule has 0 radical (unpaired) electrons. The molecule has 2 aromatic rings. The van der Waals surface area contributed by atoms with E-state index in [9.17, 15) is 4.79 Å². The minimum Gasteiger partial charge on any atom is -0.375 e. The Hall–Kier alpha value is -1.99. The first-order valence-electron chi connectivity index (χ1n) is 8.42. The molecule has 1 atom stereocenters. The van der Waals surface area contributed by atoms with Crippen molar-refractivity contribution in [3.05, 3.63) is 29.2 Å². The topological polar surface area (TPSA) is 71.8 Å². The van der Waals surface area contributed by atoms with Gasteiger partial charge in [0.1, 0.15) is 0 Å². The van der Waals surface area contributed by atoms with Crippen LogP contribution in [0.15, 0.2) is 12.3 Å². The third-order valence-corrected chi connectivity index (χ3v) is 4.31. The SMILES string of the molecule is CC(=O)NCC[C@H]1CN(Cc2cnn3c(C)cc(C)nc23)CCO1. The Bertz CT molecular complexity index is 727. The minimum atomic E-state index is 0.00540. The van der Waals surface area contributed by atoms with Gasteiger partial charge in [-0.1, -0.05) is 0 Å². The molecule has 2 aromatic heterocycles. The summed E-state index contributed by atoms with van der Waals surface area (Å²) in [6.07, 6.45) is 2.90. The van der Waals surface area contributed by atoms with Crippen LogP contribution in [-0.2, 0) is 16.1 Å². The molecule has 0 saturated carbocycles. The number of rotatable bonds is 5. The highest BCUT2D eigenvalue weighted by Gasteiger charge is 2.21. The van der Waals surface area contributed by atoms with Gasteiger partial charge in [0.15, 0.2) is 5.65 Å². The van der Waals surface area contributed by atoms with Gasteiger partial charge in [-0.15, -0.1) is 0 Å². The van der Waals surface area contributed by atoms with Gasteiger partial charge in [-0.25, -0.2) is 9.50 Å². The molecule has 3 rings (SSSR count). The van der Waals surface area contributed by atoms with Crippen molar-refractivity contribution in [1.29, 1.82) is 0 Å². The summed E-state index contributed by atoms with van der Waals surface area (Å²) in [6.45, 7) is 9.55. The van der Waals surface area contributed by atoms with Crippen LogP contribution >= 0.6 is 0 Å². The van der Waals surface area contributed by atoms with E-state index < -0.39 is 0 Å². The second-order valence-corrected chi connectivity index (χ2v) is 6.44. The number of nitrogens with one attached hydrogen (secondary N) is 1. The fourth-order valence-electron chi connectivity index (χ4n) is 3.18. The Labute approximate surface area is 142 Å². The van der Waals surface area contributed by atoms with Gasteiger partial charge in [-0.05, 0) is 26.3 Å². The number of amides is 1. The lowest BCUT2D eigenvalue weighted by Gasteiger charge is -2.32. The second kappa shape index (κ2) is 7.27. The number of aromatic nitrogens is 3. The molecule has 24 heavy (non-hydrogen) atoms. The van der Waals surface area contributed by atoms with Gasteiger partial charge in [0.2, 0.25) is 5.91 Å². The van der Waals surface area contributed by atoms with Crippen LogP contribution in [-0.4, -0.2) is 57.8 Å². The Balaban J connectivity index is 1.64. The summed E-state index contributed by atoms with van der Waals surface area (Å²) < 4.78 is 7.71. The van der Waals surface area contributed by atoms with E-state index in [1.54, 1.807) is 0 Å². The standard InChI is InChI=1S/C17H25N5O2/c1-12-8-13(2)22-17(20-12)15(9-19-22)10-21-6-7-24-16(11-21)4-5-18-14(3)23/h8-9,16H,4-7,10-11H2,1-3H3,(H,18,23)/t16-/m0/s1. The molecule has 1 fully saturated rings. The molecule has 1 amide bonds. The van der Waals surface area contributed by atoms with Gasteiger partial charge in [0, 0.05) is 50.1 Å². The van der Waals surface area contributed by atoms with Gasteiger partial charge in [0.25, 0.3) is 0 Å². The molecular formula is C17H25N5O2. The van der Waals surface area contributed by atoms with Crippen molar-refractivity contribution >= 4 is 11.6 Å². The maximum atomic E-state index is 11.0. The zero-order chi connectivity index (χ0) is 17.1. The maximum Gasteiger partial charge on any atom is 0.216 e. The first-order chi connectivity index (χ1) is 11.5. The van der Waals surface area contributed by atoms with Crippen LogP contribution in [0, 0.1) is 13.8 Å². The fourth-order valence-corrected chi connectivity index (χ4v) is 3.18. The van der Waals surface area contributed by atoms with Crippen LogP contribution in [0.3, 0.4) is 0 Å². The number of hydrogen-bond acceptors (Lipinski definition) is 5. The number of fused-ring (bicyclic) bond motifs is 1. The number of carbonyl (C=O) groups is 1. The summed E-state index contributed by atoms with van der Waals surface area (Å²) in [5.41, 5.74) is 4.19. The Morgan fingerprint density at radius 3 is 3.08 bits per heavy atom. The molecule has 130 valence electrons. The predicted molar refractivity (Wildman–Crippen MR) is 90.8 cm³/mol. The summed E-state index contributed by atoms with van der Waals surface area (Å²) in [7, 11) is 0. The van der Waals surface area contributed by atoms with Crippen molar-refractivity contribution in [1.82, 2.24) is 24.8 Å². The normalized spacial score (nSPS) is 18.9. The molecule has 0 bridgehead atoms. The molecule has 7 heteroatoms. The summed E-state index contributed by atoms with van der Waals surface area (Å²) in [5.74, 6) is 0.00540. The molecule has 3 heterocycles. The Kier molecular flexibility index (Phi) is 5.11. The fraction of sp³-hybridized carbons (Fsp3) is 0.588. The summed E-state index contributed by atoms with van der Waals surface area (Å²) >= 11 is 0. The molecule has 1 aliphatic heterocycles. The van der Waals surface area contributed by atoms with E-state index in [-0.39, 0.29) is 12.0 Å². The Morgan fingerprint density at radius 1 is 1.46 bits per heavy atom. The summed E-state index contributed by atoms with van der Waals surface area (Å²) in [5, 5.41) is 7.29. The number of carbonyl (C=O) groups excluding carboxylic acids is 1. The molecule has 1 aliphatic rings. The summed E-state index contributed by atoms with van der Waals surface area (Å²) in [6, 6.07) is 2.04. The average molecular weight is 331 g/mol. The lowest BCUT2D eigenvalue weighted by Crippen LogP contribution is -2.43. The zero-order valence-electron chi connectivity index (χ0n) is 14.6. The minimum absolute atomic E-state index is 0.00540. The first kappa shape index (κ1) is 16.9. The van der Waals surface area contributed by atoms with Crippen molar-refractivity contribution in [3.8, 4) is 0 Å². The Morgan fingerprint density at radius 2 is 2.29 bits per heavy atom. The lowest BCUT2D eigenvalue weighted by atomic mass is 10.2. The van der Waals surface area contributed by atoms with Crippen molar-refractivity contribution in [2.75, 3.05) is 26.2 Å². The van der Waals surface area contributed by atoms with Crippen molar-refractivity contribution in [2.45, 2.75) is 39.8 Å². The maximum absolute atomic E-state index is 11.0. The highest BCUT2D eigenvalue weighted by atomic mass is 16.5. The van der Waals surface area contributed by atoms with E-state index in [1.165, 1.54) is 6.92 Å². The molecule has 1 N–H and O–H groups in total. The van der Waals surface area contributed by atoms with Crippen LogP contribution < -0.4 is 5.32 Å². The molecule has 0 aromatic carbocycles. The third kappa shape index (κ3) is 3.91. The molecular weight excluding hydrogens is 306 g/mol. The highest BCUT2D eigenvalue weighted by Crippen LogP contribution is 2.16. The van der Waals surface area contributed by atoms with E-state index >= 15 is 0 Å². The van der Waals surface area contributed by atoms with Crippen LogP contribution in [0.1, 0.15) is 30.3 Å². The van der Waals surface area contributed by atoms with Gasteiger partial charge in [0.05, 0.1) is 18.9 Å². The van der Waals surface area contributed by atoms with E-state index in [2.05, 4.69) is 20.3 Å². The van der Waals surface area contributed by atoms with Crippen LogP contribution in [0.25, 0.3) is 5.65 Å². The predicted octanol–water partition coefficient (Wildman–Crippen LogP) is 1.07. The smallest absolute Gasteiger partial charge is 0.216 e. The third-order valence-electron chi connectivity index (χ3n) is 4.31. The zero-order valence-corrected chi connectivity index (χ0v) is 14.6. The van der Waals surface area contributed by atoms with Gasteiger partial charge < -0.3 is 10.1 Å². The number of morpholine rings is 1. The van der Waals surface area contributed by atoms with E-state index in [0.29, 0.717) is 6.54 Å². The quantitative estimate of drug-likeness (QED) is 0.887. The number of nitrogens with zero attached hydrogens (tertiary/aromatic N) is 4. The molecule has 0 unspecified atom stereocenters.